The molecule has 2 aromatic carbocycles. The molecule has 1 fully saturated rings. The standard InChI is InChI=1S/C24H27BrClNO2/c1-2-12-28-22-10-11-24(29-13-4-3-5-18-16-27-17-18)20(14-22)7-6-19-8-9-21(26)15-23(19)25/h2,6-11,14-15,18,27H,1,3-5,12-13,16-17H2/b7-6+. The average molecular weight is 477 g/mol. The SMILES string of the molecule is C=CCOc1ccc(OCCCCC2CNC2)c(/C=C/c2ccc(Cl)cc2Br)c1. The zero-order valence-corrected chi connectivity index (χ0v) is 18.8. The molecule has 1 aliphatic rings. The van der Waals surface area contributed by atoms with Gasteiger partial charge in [-0.1, -0.05) is 58.4 Å². The van der Waals surface area contributed by atoms with Gasteiger partial charge in [0, 0.05) is 15.1 Å². The first-order chi connectivity index (χ1) is 14.2. The van der Waals surface area contributed by atoms with Crippen LogP contribution in [0.4, 0.5) is 0 Å². The van der Waals surface area contributed by atoms with Crippen LogP contribution in [-0.2, 0) is 0 Å². The maximum Gasteiger partial charge on any atom is 0.126 e. The van der Waals surface area contributed by atoms with E-state index in [1.54, 1.807) is 6.08 Å². The third kappa shape index (κ3) is 6.91. The molecule has 29 heavy (non-hydrogen) atoms. The van der Waals surface area contributed by atoms with Crippen molar-refractivity contribution in [3.63, 3.8) is 0 Å². The van der Waals surface area contributed by atoms with Gasteiger partial charge in [-0.3, -0.25) is 0 Å². The maximum absolute atomic E-state index is 6.09. The van der Waals surface area contributed by atoms with Crippen LogP contribution in [0.1, 0.15) is 30.4 Å². The number of hydrogen-bond donors (Lipinski definition) is 1. The Morgan fingerprint density at radius 3 is 2.62 bits per heavy atom. The zero-order chi connectivity index (χ0) is 20.5. The van der Waals surface area contributed by atoms with E-state index in [4.69, 9.17) is 21.1 Å². The highest BCUT2D eigenvalue weighted by Crippen LogP contribution is 2.29. The molecule has 3 rings (SSSR count). The summed E-state index contributed by atoms with van der Waals surface area (Å²) in [6.07, 6.45) is 9.38. The van der Waals surface area contributed by atoms with Crippen molar-refractivity contribution < 1.29 is 9.47 Å². The molecule has 0 spiro atoms. The van der Waals surface area contributed by atoms with Gasteiger partial charge in [-0.15, -0.1) is 0 Å². The van der Waals surface area contributed by atoms with Gasteiger partial charge in [0.1, 0.15) is 18.1 Å². The van der Waals surface area contributed by atoms with Crippen LogP contribution >= 0.6 is 27.5 Å². The van der Waals surface area contributed by atoms with Crippen molar-refractivity contribution in [1.82, 2.24) is 5.32 Å². The first kappa shape index (κ1) is 21.9. The first-order valence-corrected chi connectivity index (χ1v) is 11.2. The molecule has 0 radical (unpaired) electrons. The topological polar surface area (TPSA) is 30.5 Å². The summed E-state index contributed by atoms with van der Waals surface area (Å²) < 4.78 is 12.7. The van der Waals surface area contributed by atoms with Gasteiger partial charge in [-0.05, 0) is 74.2 Å². The molecule has 5 heteroatoms. The number of hydrogen-bond acceptors (Lipinski definition) is 3. The number of nitrogens with one attached hydrogen (secondary N) is 1. The molecule has 154 valence electrons. The third-order valence-corrected chi connectivity index (χ3v) is 5.81. The van der Waals surface area contributed by atoms with Gasteiger partial charge in [0.15, 0.2) is 0 Å². The fraction of sp³-hybridized carbons (Fsp3) is 0.333. The molecule has 0 saturated carbocycles. The Morgan fingerprint density at radius 1 is 1.07 bits per heavy atom. The Balaban J connectivity index is 1.66. The smallest absolute Gasteiger partial charge is 0.126 e. The summed E-state index contributed by atoms with van der Waals surface area (Å²) in [6.45, 7) is 7.24. The van der Waals surface area contributed by atoms with Crippen molar-refractivity contribution in [1.29, 1.82) is 0 Å². The Bertz CT molecular complexity index is 849. The van der Waals surface area contributed by atoms with E-state index in [0.717, 1.165) is 46.0 Å². The van der Waals surface area contributed by atoms with Crippen molar-refractivity contribution in [3.8, 4) is 11.5 Å². The Kier molecular flexibility index (Phi) is 8.66. The van der Waals surface area contributed by atoms with Crippen molar-refractivity contribution >= 4 is 39.7 Å². The van der Waals surface area contributed by atoms with E-state index in [-0.39, 0.29) is 0 Å². The summed E-state index contributed by atoms with van der Waals surface area (Å²) in [5.74, 6) is 2.51. The number of unbranched alkanes of at least 4 members (excludes halogenated alkanes) is 1. The molecule has 1 N–H and O–H groups in total. The lowest BCUT2D eigenvalue weighted by atomic mass is 9.97. The fourth-order valence-electron chi connectivity index (χ4n) is 3.12. The van der Waals surface area contributed by atoms with Gasteiger partial charge in [-0.2, -0.15) is 0 Å². The first-order valence-electron chi connectivity index (χ1n) is 10.00. The molecule has 1 aliphatic heterocycles. The summed E-state index contributed by atoms with van der Waals surface area (Å²) in [7, 11) is 0. The van der Waals surface area contributed by atoms with Gasteiger partial charge in [-0.25, -0.2) is 0 Å². The summed E-state index contributed by atoms with van der Waals surface area (Å²) in [4.78, 5) is 0. The van der Waals surface area contributed by atoms with Gasteiger partial charge in [0.05, 0.1) is 6.61 Å². The molecule has 0 bridgehead atoms. The van der Waals surface area contributed by atoms with E-state index in [1.807, 2.05) is 48.6 Å². The van der Waals surface area contributed by atoms with Crippen molar-refractivity contribution in [2.75, 3.05) is 26.3 Å². The minimum atomic E-state index is 0.474. The molecule has 1 saturated heterocycles. The van der Waals surface area contributed by atoms with E-state index < -0.39 is 0 Å². The molecule has 0 aliphatic carbocycles. The van der Waals surface area contributed by atoms with Crippen molar-refractivity contribution in [2.45, 2.75) is 19.3 Å². The molecular weight excluding hydrogens is 450 g/mol. The lowest BCUT2D eigenvalue weighted by molar-refractivity contribution is 0.277. The number of ether oxygens (including phenoxy) is 2. The second kappa shape index (κ2) is 11.4. The normalized spacial score (nSPS) is 14.0. The summed E-state index contributed by atoms with van der Waals surface area (Å²) in [6, 6.07) is 11.7. The largest absolute Gasteiger partial charge is 0.493 e. The summed E-state index contributed by atoms with van der Waals surface area (Å²) >= 11 is 9.60. The lowest BCUT2D eigenvalue weighted by Crippen LogP contribution is -2.41. The number of halogens is 2. The third-order valence-electron chi connectivity index (χ3n) is 4.88. The predicted molar refractivity (Wildman–Crippen MR) is 126 cm³/mol. The van der Waals surface area contributed by atoms with E-state index in [0.29, 0.717) is 11.6 Å². The van der Waals surface area contributed by atoms with E-state index in [2.05, 4.69) is 27.8 Å². The van der Waals surface area contributed by atoms with Crippen LogP contribution in [0.25, 0.3) is 12.2 Å². The Labute approximate surface area is 186 Å². The molecule has 1 heterocycles. The van der Waals surface area contributed by atoms with Gasteiger partial charge < -0.3 is 14.8 Å². The van der Waals surface area contributed by atoms with Crippen molar-refractivity contribution in [2.24, 2.45) is 5.92 Å². The summed E-state index contributed by atoms with van der Waals surface area (Å²) in [5.41, 5.74) is 2.03. The number of rotatable bonds is 11. The monoisotopic (exact) mass is 475 g/mol. The molecule has 0 amide bonds. The highest BCUT2D eigenvalue weighted by atomic mass is 79.9. The van der Waals surface area contributed by atoms with Gasteiger partial charge >= 0.3 is 0 Å². The quantitative estimate of drug-likeness (QED) is 0.225. The maximum atomic E-state index is 6.09. The highest BCUT2D eigenvalue weighted by molar-refractivity contribution is 9.10. The van der Waals surface area contributed by atoms with Crippen LogP contribution in [0.5, 0.6) is 11.5 Å². The van der Waals surface area contributed by atoms with E-state index in [1.165, 1.54) is 25.9 Å². The van der Waals surface area contributed by atoms with Crippen LogP contribution in [-0.4, -0.2) is 26.3 Å². The van der Waals surface area contributed by atoms with Crippen LogP contribution < -0.4 is 14.8 Å². The van der Waals surface area contributed by atoms with Crippen LogP contribution in [0.2, 0.25) is 5.02 Å². The van der Waals surface area contributed by atoms with Gasteiger partial charge in [0.25, 0.3) is 0 Å². The molecule has 0 atom stereocenters. The van der Waals surface area contributed by atoms with E-state index >= 15 is 0 Å². The molecule has 3 nitrogen and oxygen atoms in total. The zero-order valence-electron chi connectivity index (χ0n) is 16.5. The average Bonchev–Trinajstić information content (AvgIpc) is 2.68. The second-order valence-electron chi connectivity index (χ2n) is 7.17. The van der Waals surface area contributed by atoms with Crippen molar-refractivity contribution in [3.05, 3.63) is 69.7 Å². The molecule has 0 aromatic heterocycles. The van der Waals surface area contributed by atoms with Crippen LogP contribution in [0, 0.1) is 5.92 Å². The molecule has 0 unspecified atom stereocenters. The second-order valence-corrected chi connectivity index (χ2v) is 8.46. The Hall–Kier alpha value is -1.75. The van der Waals surface area contributed by atoms with Crippen LogP contribution in [0.15, 0.2) is 53.5 Å². The highest BCUT2D eigenvalue weighted by Gasteiger charge is 2.15. The number of benzene rings is 2. The predicted octanol–water partition coefficient (Wildman–Crippen LogP) is 6.61. The minimum Gasteiger partial charge on any atom is -0.493 e. The van der Waals surface area contributed by atoms with E-state index in [9.17, 15) is 0 Å². The fourth-order valence-corrected chi connectivity index (χ4v) is 3.93. The minimum absolute atomic E-state index is 0.474. The molecule has 2 aromatic rings. The Morgan fingerprint density at radius 2 is 1.90 bits per heavy atom. The lowest BCUT2D eigenvalue weighted by Gasteiger charge is -2.26. The van der Waals surface area contributed by atoms with Crippen LogP contribution in [0.3, 0.4) is 0 Å². The summed E-state index contributed by atoms with van der Waals surface area (Å²) in [5, 5.41) is 4.03. The van der Waals surface area contributed by atoms with Gasteiger partial charge in [0.2, 0.25) is 0 Å². The molecular formula is C24H27BrClNO2.